The lowest BCUT2D eigenvalue weighted by molar-refractivity contribution is -0.114. The molecular weight excluding hydrogens is 276 g/mol. The van der Waals surface area contributed by atoms with Gasteiger partial charge in [0.1, 0.15) is 0 Å². The van der Waals surface area contributed by atoms with E-state index in [0.717, 1.165) is 43.6 Å². The quantitative estimate of drug-likeness (QED) is 0.678. The Morgan fingerprint density at radius 1 is 1.27 bits per heavy atom. The number of aliphatic hydroxyl groups excluding tert-OH is 1. The molecule has 1 fully saturated rings. The fourth-order valence-electron chi connectivity index (χ4n) is 3.22. The number of nitrogens with one attached hydrogen (secondary N) is 2. The van der Waals surface area contributed by atoms with Gasteiger partial charge in [-0.2, -0.15) is 0 Å². The monoisotopic (exact) mass is 304 g/mol. The molecule has 1 aromatic rings. The van der Waals surface area contributed by atoms with Gasteiger partial charge in [-0.3, -0.25) is 4.79 Å². The van der Waals surface area contributed by atoms with Gasteiger partial charge in [0.25, 0.3) is 0 Å². The van der Waals surface area contributed by atoms with Crippen LogP contribution in [0.2, 0.25) is 0 Å². The molecule has 0 radical (unpaired) electrons. The molecular formula is C18H28N2O2. The van der Waals surface area contributed by atoms with E-state index in [0.29, 0.717) is 5.92 Å². The van der Waals surface area contributed by atoms with Gasteiger partial charge in [0.05, 0.1) is 6.10 Å². The average molecular weight is 304 g/mol. The van der Waals surface area contributed by atoms with Crippen molar-refractivity contribution in [2.75, 3.05) is 11.9 Å². The second-order valence-corrected chi connectivity index (χ2v) is 6.27. The first-order valence-electron chi connectivity index (χ1n) is 8.41. The summed E-state index contributed by atoms with van der Waals surface area (Å²) in [6.45, 7) is 3.22. The van der Waals surface area contributed by atoms with Crippen molar-refractivity contribution in [3.05, 3.63) is 29.8 Å². The number of aliphatic hydroxyl groups is 1. The predicted octanol–water partition coefficient (Wildman–Crippen LogP) is 3.07. The third-order valence-electron chi connectivity index (χ3n) is 4.44. The van der Waals surface area contributed by atoms with Gasteiger partial charge in [0.2, 0.25) is 5.91 Å². The minimum Gasteiger partial charge on any atom is -0.393 e. The van der Waals surface area contributed by atoms with Crippen LogP contribution in [0.3, 0.4) is 0 Å². The highest BCUT2D eigenvalue weighted by molar-refractivity contribution is 5.89. The Hall–Kier alpha value is -1.39. The summed E-state index contributed by atoms with van der Waals surface area (Å²) < 4.78 is 0. The first-order chi connectivity index (χ1) is 10.7. The molecule has 1 saturated carbocycles. The van der Waals surface area contributed by atoms with Crippen LogP contribution in [0, 0.1) is 5.92 Å². The van der Waals surface area contributed by atoms with E-state index < -0.39 is 0 Å². The largest absolute Gasteiger partial charge is 0.393 e. The smallest absolute Gasteiger partial charge is 0.221 e. The van der Waals surface area contributed by atoms with E-state index in [9.17, 15) is 9.90 Å². The molecule has 22 heavy (non-hydrogen) atoms. The molecule has 0 aliphatic heterocycles. The highest BCUT2D eigenvalue weighted by atomic mass is 16.3. The Kier molecular flexibility index (Phi) is 6.87. The topological polar surface area (TPSA) is 61.4 Å². The van der Waals surface area contributed by atoms with Crippen molar-refractivity contribution >= 4 is 11.6 Å². The number of anilines is 1. The Morgan fingerprint density at radius 2 is 2.05 bits per heavy atom. The summed E-state index contributed by atoms with van der Waals surface area (Å²) in [6.07, 6.45) is 6.68. The molecule has 2 rings (SSSR count). The SMILES string of the molecule is CC(=O)Nc1ccccc1CNCCCC1CCCCC1O. The molecule has 2 unspecified atom stereocenters. The maximum absolute atomic E-state index is 11.2. The predicted molar refractivity (Wildman–Crippen MR) is 89.7 cm³/mol. The standard InChI is InChI=1S/C18H28N2O2/c1-14(21)20-17-10-4-2-8-16(17)13-19-12-6-9-15-7-3-5-11-18(15)22/h2,4,8,10,15,18-19,22H,3,5-7,9,11-13H2,1H3,(H,20,21). The van der Waals surface area contributed by atoms with Crippen LogP contribution < -0.4 is 10.6 Å². The fourth-order valence-corrected chi connectivity index (χ4v) is 3.22. The van der Waals surface area contributed by atoms with Gasteiger partial charge < -0.3 is 15.7 Å². The third kappa shape index (κ3) is 5.43. The normalized spacial score (nSPS) is 21.5. The molecule has 1 amide bonds. The van der Waals surface area contributed by atoms with E-state index in [2.05, 4.69) is 10.6 Å². The highest BCUT2D eigenvalue weighted by Crippen LogP contribution is 2.27. The van der Waals surface area contributed by atoms with Crippen LogP contribution in [0.4, 0.5) is 5.69 Å². The average Bonchev–Trinajstić information content (AvgIpc) is 2.50. The van der Waals surface area contributed by atoms with E-state index in [1.54, 1.807) is 0 Å². The maximum Gasteiger partial charge on any atom is 0.221 e. The summed E-state index contributed by atoms with van der Waals surface area (Å²) >= 11 is 0. The third-order valence-corrected chi connectivity index (χ3v) is 4.44. The molecule has 0 spiro atoms. The van der Waals surface area contributed by atoms with E-state index in [4.69, 9.17) is 0 Å². The Labute approximate surface area is 133 Å². The van der Waals surface area contributed by atoms with E-state index in [1.165, 1.54) is 26.2 Å². The van der Waals surface area contributed by atoms with E-state index >= 15 is 0 Å². The summed E-state index contributed by atoms with van der Waals surface area (Å²) in [6, 6.07) is 7.87. The zero-order chi connectivity index (χ0) is 15.8. The molecule has 4 heteroatoms. The molecule has 3 N–H and O–H groups in total. The van der Waals surface area contributed by atoms with Crippen LogP contribution in [-0.2, 0) is 11.3 Å². The zero-order valence-corrected chi connectivity index (χ0v) is 13.5. The molecule has 2 atom stereocenters. The Balaban J connectivity index is 1.69. The number of hydrogen-bond donors (Lipinski definition) is 3. The summed E-state index contributed by atoms with van der Waals surface area (Å²) in [5.41, 5.74) is 1.99. The van der Waals surface area contributed by atoms with Crippen LogP contribution in [0.15, 0.2) is 24.3 Å². The van der Waals surface area contributed by atoms with Crippen molar-refractivity contribution < 1.29 is 9.90 Å². The molecule has 4 nitrogen and oxygen atoms in total. The molecule has 1 aromatic carbocycles. The van der Waals surface area contributed by atoms with Crippen LogP contribution >= 0.6 is 0 Å². The van der Waals surface area contributed by atoms with Gasteiger partial charge in [-0.15, -0.1) is 0 Å². The number of rotatable bonds is 7. The Morgan fingerprint density at radius 3 is 2.82 bits per heavy atom. The minimum absolute atomic E-state index is 0.0428. The van der Waals surface area contributed by atoms with Gasteiger partial charge >= 0.3 is 0 Å². The first-order valence-corrected chi connectivity index (χ1v) is 8.41. The van der Waals surface area contributed by atoms with Gasteiger partial charge in [-0.25, -0.2) is 0 Å². The van der Waals surface area contributed by atoms with Gasteiger partial charge in [-0.1, -0.05) is 31.0 Å². The van der Waals surface area contributed by atoms with Crippen LogP contribution in [0.1, 0.15) is 51.0 Å². The van der Waals surface area contributed by atoms with E-state index in [-0.39, 0.29) is 12.0 Å². The number of para-hydroxylation sites is 1. The van der Waals surface area contributed by atoms with Gasteiger partial charge in [-0.05, 0) is 49.8 Å². The first kappa shape index (κ1) is 17.0. The minimum atomic E-state index is -0.0887. The number of benzene rings is 1. The molecule has 1 aliphatic carbocycles. The number of carbonyl (C=O) groups is 1. The number of carbonyl (C=O) groups excluding carboxylic acids is 1. The number of hydrogen-bond acceptors (Lipinski definition) is 3. The maximum atomic E-state index is 11.2. The van der Waals surface area contributed by atoms with Crippen molar-refractivity contribution in [2.45, 2.75) is 58.1 Å². The summed E-state index contributed by atoms with van der Waals surface area (Å²) in [5.74, 6) is 0.445. The summed E-state index contributed by atoms with van der Waals surface area (Å²) in [7, 11) is 0. The zero-order valence-electron chi connectivity index (χ0n) is 13.5. The highest BCUT2D eigenvalue weighted by Gasteiger charge is 2.22. The van der Waals surface area contributed by atoms with Crippen LogP contribution in [0.25, 0.3) is 0 Å². The molecule has 122 valence electrons. The number of amides is 1. The molecule has 0 saturated heterocycles. The Bertz CT molecular complexity index is 476. The summed E-state index contributed by atoms with van der Waals surface area (Å²) in [5, 5.41) is 16.3. The molecule has 0 aromatic heterocycles. The molecule has 0 bridgehead atoms. The molecule has 0 heterocycles. The lowest BCUT2D eigenvalue weighted by Crippen LogP contribution is -2.25. The lowest BCUT2D eigenvalue weighted by atomic mass is 9.83. The van der Waals surface area contributed by atoms with Crippen molar-refractivity contribution in [2.24, 2.45) is 5.92 Å². The molecule has 1 aliphatic rings. The van der Waals surface area contributed by atoms with Crippen molar-refractivity contribution in [1.29, 1.82) is 0 Å². The van der Waals surface area contributed by atoms with Crippen LogP contribution in [0.5, 0.6) is 0 Å². The lowest BCUT2D eigenvalue weighted by Gasteiger charge is -2.27. The summed E-state index contributed by atoms with van der Waals surface area (Å²) in [4.78, 5) is 11.2. The van der Waals surface area contributed by atoms with Crippen molar-refractivity contribution in [1.82, 2.24) is 5.32 Å². The fraction of sp³-hybridized carbons (Fsp3) is 0.611. The second-order valence-electron chi connectivity index (χ2n) is 6.27. The van der Waals surface area contributed by atoms with Gasteiger partial charge in [0, 0.05) is 19.2 Å². The van der Waals surface area contributed by atoms with E-state index in [1.807, 2.05) is 24.3 Å². The van der Waals surface area contributed by atoms with Crippen LogP contribution in [-0.4, -0.2) is 23.7 Å². The van der Waals surface area contributed by atoms with Crippen molar-refractivity contribution in [3.63, 3.8) is 0 Å². The van der Waals surface area contributed by atoms with Crippen molar-refractivity contribution in [3.8, 4) is 0 Å². The second kappa shape index (κ2) is 8.91. The van der Waals surface area contributed by atoms with Gasteiger partial charge in [0.15, 0.2) is 0 Å².